The van der Waals surface area contributed by atoms with Gasteiger partial charge < -0.3 is 15.2 Å². The Morgan fingerprint density at radius 1 is 1.33 bits per heavy atom. The monoisotopic (exact) mass is 470 g/mol. The minimum absolute atomic E-state index is 0.00825. The molecule has 1 aliphatic heterocycles. The molecule has 0 bridgehead atoms. The van der Waals surface area contributed by atoms with E-state index in [9.17, 15) is 14.2 Å². The van der Waals surface area contributed by atoms with E-state index < -0.39 is 8.03 Å². The second kappa shape index (κ2) is 9.90. The lowest BCUT2D eigenvalue weighted by atomic mass is 9.82. The van der Waals surface area contributed by atoms with Crippen LogP contribution in [0.1, 0.15) is 37.4 Å². The molecule has 0 amide bonds. The molecular weight excluding hydrogens is 448 g/mol. The molecule has 3 atom stereocenters. The van der Waals surface area contributed by atoms with E-state index in [1.807, 2.05) is 18.2 Å². The molecule has 0 radical (unpaired) electrons. The minimum Gasteiger partial charge on any atom is -0.393 e. The first kappa shape index (κ1) is 21.9. The Balaban J connectivity index is 1.42. The summed E-state index contributed by atoms with van der Waals surface area (Å²) in [6, 6.07) is 5.94. The molecule has 4 rings (SSSR count). The lowest BCUT2D eigenvalue weighted by Crippen LogP contribution is -2.33. The molecule has 1 unspecified atom stereocenters. The Morgan fingerprint density at radius 3 is 2.93 bits per heavy atom. The number of nitrogens with one attached hydrogen (secondary N) is 1. The van der Waals surface area contributed by atoms with Crippen LogP contribution in [0.5, 0.6) is 0 Å². The maximum atomic E-state index is 11.5. The SMILES string of the molecule is O=PC[P+](=O)OC[C@@H]1CC[C@H](c2ccc3c(NCC4CC(O)C4)nc(Cl)nc3c2)O1. The number of anilines is 1. The average molecular weight is 471 g/mol. The van der Waals surface area contributed by atoms with Gasteiger partial charge in [-0.3, -0.25) is 4.57 Å². The summed E-state index contributed by atoms with van der Waals surface area (Å²) in [4.78, 5) is 8.69. The Morgan fingerprint density at radius 2 is 2.17 bits per heavy atom. The highest BCUT2D eigenvalue weighted by Gasteiger charge is 2.30. The first-order valence-corrected chi connectivity index (χ1v) is 12.7. The van der Waals surface area contributed by atoms with Crippen molar-refractivity contribution >= 4 is 44.8 Å². The van der Waals surface area contributed by atoms with Crippen LogP contribution in [-0.2, 0) is 18.4 Å². The first-order chi connectivity index (χ1) is 14.5. The minimum atomic E-state index is -1.91. The zero-order chi connectivity index (χ0) is 21.1. The van der Waals surface area contributed by atoms with Gasteiger partial charge in [0.25, 0.3) is 5.90 Å². The maximum absolute atomic E-state index is 11.5. The Bertz CT molecular complexity index is 944. The van der Waals surface area contributed by atoms with Crippen molar-refractivity contribution in [1.82, 2.24) is 9.97 Å². The molecule has 30 heavy (non-hydrogen) atoms. The molecule has 2 fully saturated rings. The lowest BCUT2D eigenvalue weighted by Gasteiger charge is -2.31. The summed E-state index contributed by atoms with van der Waals surface area (Å²) in [5, 5.41) is 13.8. The summed E-state index contributed by atoms with van der Waals surface area (Å²) in [5.74, 6) is 1.14. The molecule has 1 saturated heterocycles. The number of benzene rings is 1. The summed E-state index contributed by atoms with van der Waals surface area (Å²) in [6.07, 6.45) is 2.82. The number of fused-ring (bicyclic) bond motifs is 1. The molecule has 11 heteroatoms. The number of rotatable bonds is 9. The van der Waals surface area contributed by atoms with E-state index in [0.29, 0.717) is 11.7 Å². The van der Waals surface area contributed by atoms with Gasteiger partial charge in [0.15, 0.2) is 0 Å². The number of ether oxygens (including phenoxy) is 1. The third-order valence-electron chi connectivity index (χ3n) is 5.52. The molecule has 1 saturated carbocycles. The van der Waals surface area contributed by atoms with E-state index in [0.717, 1.165) is 48.7 Å². The van der Waals surface area contributed by atoms with Crippen LogP contribution in [0, 0.1) is 5.92 Å². The van der Waals surface area contributed by atoms with Gasteiger partial charge in [0.1, 0.15) is 12.4 Å². The smallest absolute Gasteiger partial charge is 0.393 e. The molecule has 8 nitrogen and oxygen atoms in total. The van der Waals surface area contributed by atoms with Crippen molar-refractivity contribution in [3.63, 3.8) is 0 Å². The highest BCUT2D eigenvalue weighted by Crippen LogP contribution is 2.37. The van der Waals surface area contributed by atoms with Crippen molar-refractivity contribution in [3.8, 4) is 0 Å². The van der Waals surface area contributed by atoms with Gasteiger partial charge in [-0.1, -0.05) is 6.07 Å². The molecule has 2 N–H and O–H groups in total. The molecule has 1 aromatic carbocycles. The van der Waals surface area contributed by atoms with Crippen molar-refractivity contribution < 1.29 is 23.5 Å². The molecule has 160 valence electrons. The highest BCUT2D eigenvalue weighted by molar-refractivity contribution is 7.51. The van der Waals surface area contributed by atoms with Crippen molar-refractivity contribution in [2.24, 2.45) is 5.92 Å². The van der Waals surface area contributed by atoms with Crippen LogP contribution in [0.4, 0.5) is 5.82 Å². The topological polar surface area (TPSA) is 111 Å². The fraction of sp³-hybridized carbons (Fsp3) is 0.579. The van der Waals surface area contributed by atoms with Crippen LogP contribution < -0.4 is 5.32 Å². The maximum Gasteiger partial charge on any atom is 0.520 e. The van der Waals surface area contributed by atoms with Crippen LogP contribution in [0.25, 0.3) is 10.9 Å². The van der Waals surface area contributed by atoms with Gasteiger partial charge in [0.05, 0.1) is 23.8 Å². The van der Waals surface area contributed by atoms with Crippen molar-refractivity contribution in [3.05, 3.63) is 29.0 Å². The predicted octanol–water partition coefficient (Wildman–Crippen LogP) is 4.69. The van der Waals surface area contributed by atoms with Gasteiger partial charge in [0.2, 0.25) is 13.7 Å². The van der Waals surface area contributed by atoms with E-state index in [1.54, 1.807) is 0 Å². The molecule has 1 aromatic heterocycles. The standard InChI is InChI=1S/C19H23ClN3O5P2/c20-19-22-16-7-12(17-4-2-14(28-17)9-27-30(26)10-29-25)1-3-15(16)18(23-19)21-8-11-5-13(24)6-11/h1,3,7,11,13-14,17,24H,2,4-6,8-10H2,(H,21,22,23)/q+1/t11?,13?,14-,17+/m0/s1. The zero-order valence-corrected chi connectivity index (χ0v) is 18.8. The number of hydrogen-bond acceptors (Lipinski definition) is 8. The quantitative estimate of drug-likeness (QED) is 0.401. The number of hydrogen-bond donors (Lipinski definition) is 2. The second-order valence-electron chi connectivity index (χ2n) is 7.71. The van der Waals surface area contributed by atoms with Crippen molar-refractivity contribution in [2.45, 2.75) is 44.0 Å². The van der Waals surface area contributed by atoms with Crippen LogP contribution in [0.15, 0.2) is 18.2 Å². The van der Waals surface area contributed by atoms with Gasteiger partial charge in [-0.05, 0) is 65.5 Å². The number of halogens is 1. The normalized spacial score (nSPS) is 26.7. The number of nitrogens with zero attached hydrogens (tertiary/aromatic N) is 2. The van der Waals surface area contributed by atoms with Crippen LogP contribution in [0.3, 0.4) is 0 Å². The summed E-state index contributed by atoms with van der Waals surface area (Å²) in [7, 11) is -2.09. The fourth-order valence-electron chi connectivity index (χ4n) is 3.89. The number of aliphatic hydroxyl groups is 1. The molecule has 2 aliphatic rings. The van der Waals surface area contributed by atoms with Crippen LogP contribution in [0.2, 0.25) is 5.28 Å². The zero-order valence-electron chi connectivity index (χ0n) is 16.2. The first-order valence-electron chi connectivity index (χ1n) is 9.93. The van der Waals surface area contributed by atoms with E-state index in [-0.39, 0.29) is 44.6 Å². The number of aromatic nitrogens is 2. The third-order valence-corrected chi connectivity index (χ3v) is 7.51. The number of aliphatic hydroxyl groups excluding tert-OH is 1. The van der Waals surface area contributed by atoms with Gasteiger partial charge >= 0.3 is 8.03 Å². The van der Waals surface area contributed by atoms with E-state index in [4.69, 9.17) is 20.9 Å². The van der Waals surface area contributed by atoms with Gasteiger partial charge in [-0.15, -0.1) is 4.52 Å². The lowest BCUT2D eigenvalue weighted by molar-refractivity contribution is 0.0191. The predicted molar refractivity (Wildman–Crippen MR) is 115 cm³/mol. The Hall–Kier alpha value is -1.27. The van der Waals surface area contributed by atoms with Gasteiger partial charge in [-0.25, -0.2) is 9.97 Å². The molecule has 2 heterocycles. The Kier molecular flexibility index (Phi) is 7.24. The molecular formula is C19H23ClN3O5P2+. The van der Waals surface area contributed by atoms with Crippen LogP contribution >= 0.6 is 28.1 Å². The fourth-order valence-corrected chi connectivity index (χ4v) is 5.10. The summed E-state index contributed by atoms with van der Waals surface area (Å²) in [5.41, 5.74) is 1.74. The Labute approximate surface area is 181 Å². The molecule has 0 spiro atoms. The summed E-state index contributed by atoms with van der Waals surface area (Å²) >= 11 is 6.14. The van der Waals surface area contributed by atoms with Gasteiger partial charge in [0, 0.05) is 11.9 Å². The third kappa shape index (κ3) is 5.31. The average Bonchev–Trinajstić information content (AvgIpc) is 3.17. The molecule has 1 aliphatic carbocycles. The molecule has 2 aromatic rings. The van der Waals surface area contributed by atoms with E-state index >= 15 is 0 Å². The van der Waals surface area contributed by atoms with Crippen molar-refractivity contribution in [2.75, 3.05) is 24.4 Å². The highest BCUT2D eigenvalue weighted by atomic mass is 35.5. The van der Waals surface area contributed by atoms with E-state index in [1.165, 1.54) is 0 Å². The van der Waals surface area contributed by atoms with E-state index in [2.05, 4.69) is 15.3 Å². The largest absolute Gasteiger partial charge is 0.520 e. The summed E-state index contributed by atoms with van der Waals surface area (Å²) < 4.78 is 33.3. The van der Waals surface area contributed by atoms with Crippen molar-refractivity contribution in [1.29, 1.82) is 0 Å². The second-order valence-corrected chi connectivity index (χ2v) is 10.4. The van der Waals surface area contributed by atoms with Gasteiger partial charge in [-0.2, -0.15) is 0 Å². The summed E-state index contributed by atoms with van der Waals surface area (Å²) in [6.45, 7) is 0.968. The van der Waals surface area contributed by atoms with Crippen LogP contribution in [-0.4, -0.2) is 46.3 Å².